The van der Waals surface area contributed by atoms with Gasteiger partial charge in [-0.3, -0.25) is 4.79 Å². The van der Waals surface area contributed by atoms with Gasteiger partial charge >= 0.3 is 5.97 Å². The lowest BCUT2D eigenvalue weighted by Gasteiger charge is -2.20. The molecule has 0 bridgehead atoms. The molecule has 3 rings (SSSR count). The van der Waals surface area contributed by atoms with Gasteiger partial charge in [-0.05, 0) is 6.07 Å². The predicted octanol–water partition coefficient (Wildman–Crippen LogP) is 1.44. The first-order valence-electron chi connectivity index (χ1n) is 5.33. The molecule has 1 aliphatic rings. The zero-order valence-corrected chi connectivity index (χ0v) is 8.66. The Bertz CT molecular complexity index is 559. The molecule has 16 heavy (non-hydrogen) atoms. The number of H-pyrrole nitrogens is 1. The summed E-state index contributed by atoms with van der Waals surface area (Å²) in [6, 6.07) is 7.25. The van der Waals surface area contributed by atoms with Crippen LogP contribution in [0.15, 0.2) is 24.3 Å². The average Bonchev–Trinajstić information content (AvgIpc) is 2.66. The molecular weight excluding hydrogens is 204 g/mol. The monoisotopic (exact) mass is 216 g/mol. The van der Waals surface area contributed by atoms with Crippen LogP contribution < -0.4 is 5.32 Å². The minimum Gasteiger partial charge on any atom is -0.480 e. The van der Waals surface area contributed by atoms with E-state index in [2.05, 4.69) is 10.3 Å². The number of rotatable bonds is 1. The van der Waals surface area contributed by atoms with Gasteiger partial charge < -0.3 is 15.4 Å². The molecule has 0 radical (unpaired) electrons. The average molecular weight is 216 g/mol. The number of aromatic nitrogens is 1. The zero-order valence-electron chi connectivity index (χ0n) is 8.66. The number of carboxylic acids is 1. The highest BCUT2D eigenvalue weighted by Gasteiger charge is 2.28. The molecule has 1 atom stereocenters. The first-order valence-corrected chi connectivity index (χ1v) is 5.33. The predicted molar refractivity (Wildman–Crippen MR) is 60.4 cm³/mol. The summed E-state index contributed by atoms with van der Waals surface area (Å²) in [6.07, 6.45) is 0.855. The Morgan fingerprint density at radius 3 is 3.00 bits per heavy atom. The lowest BCUT2D eigenvalue weighted by molar-refractivity contribution is -0.139. The highest BCUT2D eigenvalue weighted by molar-refractivity contribution is 5.90. The maximum absolute atomic E-state index is 11.2. The van der Waals surface area contributed by atoms with Crippen molar-refractivity contribution in [2.75, 3.05) is 6.54 Å². The van der Waals surface area contributed by atoms with E-state index in [1.807, 2.05) is 24.3 Å². The second-order valence-corrected chi connectivity index (χ2v) is 4.04. The van der Waals surface area contributed by atoms with E-state index in [1.165, 1.54) is 0 Å². The Labute approximate surface area is 92.3 Å². The molecule has 3 N–H and O–H groups in total. The van der Waals surface area contributed by atoms with Crippen molar-refractivity contribution in [2.24, 2.45) is 0 Å². The van der Waals surface area contributed by atoms with Gasteiger partial charge in [0, 0.05) is 35.1 Å². The minimum absolute atomic E-state index is 0.583. The molecule has 0 amide bonds. The van der Waals surface area contributed by atoms with Crippen molar-refractivity contribution in [3.8, 4) is 0 Å². The van der Waals surface area contributed by atoms with Gasteiger partial charge in [-0.25, -0.2) is 0 Å². The number of carboxylic acid groups (broad SMARTS) is 1. The quantitative estimate of drug-likeness (QED) is 0.675. The number of aromatic amines is 1. The second kappa shape index (κ2) is 3.35. The molecule has 0 saturated carbocycles. The van der Waals surface area contributed by atoms with Gasteiger partial charge in [-0.2, -0.15) is 0 Å². The Kier molecular flexibility index (Phi) is 1.97. The molecule has 2 heterocycles. The number of benzene rings is 1. The van der Waals surface area contributed by atoms with Gasteiger partial charge in [0.25, 0.3) is 0 Å². The lowest BCUT2D eigenvalue weighted by atomic mass is 9.98. The minimum atomic E-state index is -0.814. The van der Waals surface area contributed by atoms with Crippen LogP contribution in [0.1, 0.15) is 17.3 Å². The van der Waals surface area contributed by atoms with Crippen LogP contribution in [0.5, 0.6) is 0 Å². The molecule has 4 nitrogen and oxygen atoms in total. The number of carbonyl (C=O) groups is 1. The van der Waals surface area contributed by atoms with Crippen molar-refractivity contribution in [3.05, 3.63) is 35.5 Å². The summed E-state index contributed by atoms with van der Waals surface area (Å²) in [5.41, 5.74) is 2.96. The lowest BCUT2D eigenvalue weighted by Crippen LogP contribution is -2.34. The molecule has 1 aliphatic heterocycles. The first-order chi connectivity index (χ1) is 7.77. The van der Waals surface area contributed by atoms with Crippen molar-refractivity contribution in [3.63, 3.8) is 0 Å². The molecule has 0 spiro atoms. The topological polar surface area (TPSA) is 65.1 Å². The molecule has 0 aliphatic carbocycles. The SMILES string of the molecule is O=C(O)[C@H]1NCCc2[nH]c3ccccc3c21. The third kappa shape index (κ3) is 1.23. The Morgan fingerprint density at radius 1 is 1.38 bits per heavy atom. The van der Waals surface area contributed by atoms with Crippen LogP contribution in [-0.4, -0.2) is 22.6 Å². The maximum atomic E-state index is 11.2. The number of hydrogen-bond donors (Lipinski definition) is 3. The molecule has 4 heteroatoms. The summed E-state index contributed by atoms with van der Waals surface area (Å²) in [7, 11) is 0. The largest absolute Gasteiger partial charge is 0.480 e. The molecule has 0 unspecified atom stereocenters. The van der Waals surface area contributed by atoms with Gasteiger partial charge in [-0.15, -0.1) is 0 Å². The summed E-state index contributed by atoms with van der Waals surface area (Å²) in [5.74, 6) is -0.814. The number of hydrogen-bond acceptors (Lipinski definition) is 2. The van der Waals surface area contributed by atoms with Crippen LogP contribution in [0.4, 0.5) is 0 Å². The summed E-state index contributed by atoms with van der Waals surface area (Å²) in [6.45, 7) is 0.705. The van der Waals surface area contributed by atoms with E-state index in [0.717, 1.165) is 28.6 Å². The van der Waals surface area contributed by atoms with Gasteiger partial charge in [0.2, 0.25) is 0 Å². The van der Waals surface area contributed by atoms with Crippen LogP contribution >= 0.6 is 0 Å². The van der Waals surface area contributed by atoms with Crippen molar-refractivity contribution in [1.29, 1.82) is 0 Å². The van der Waals surface area contributed by atoms with E-state index in [4.69, 9.17) is 0 Å². The number of para-hydroxylation sites is 1. The fourth-order valence-corrected chi connectivity index (χ4v) is 2.40. The van der Waals surface area contributed by atoms with Gasteiger partial charge in [0.15, 0.2) is 0 Å². The number of aliphatic carboxylic acids is 1. The Hall–Kier alpha value is -1.81. The van der Waals surface area contributed by atoms with Crippen molar-refractivity contribution in [1.82, 2.24) is 10.3 Å². The fourth-order valence-electron chi connectivity index (χ4n) is 2.40. The highest BCUT2D eigenvalue weighted by Crippen LogP contribution is 2.30. The molecular formula is C12H12N2O2. The van der Waals surface area contributed by atoms with Gasteiger partial charge in [0.1, 0.15) is 6.04 Å². The smallest absolute Gasteiger partial charge is 0.325 e. The molecule has 2 aromatic rings. The van der Waals surface area contributed by atoms with Crippen LogP contribution in [0, 0.1) is 0 Å². The first kappa shape index (κ1) is 9.42. The summed E-state index contributed by atoms with van der Waals surface area (Å²) >= 11 is 0. The molecule has 82 valence electrons. The fraction of sp³-hybridized carbons (Fsp3) is 0.250. The third-order valence-electron chi connectivity index (χ3n) is 3.09. The van der Waals surface area contributed by atoms with E-state index >= 15 is 0 Å². The molecule has 0 fully saturated rings. The van der Waals surface area contributed by atoms with E-state index < -0.39 is 12.0 Å². The summed E-state index contributed by atoms with van der Waals surface area (Å²) in [5, 5.41) is 13.2. The van der Waals surface area contributed by atoms with Crippen LogP contribution in [0.3, 0.4) is 0 Å². The summed E-state index contributed by atoms with van der Waals surface area (Å²) < 4.78 is 0. The van der Waals surface area contributed by atoms with E-state index in [0.29, 0.717) is 6.54 Å². The third-order valence-corrected chi connectivity index (χ3v) is 3.09. The molecule has 1 aromatic heterocycles. The zero-order chi connectivity index (χ0) is 11.1. The maximum Gasteiger partial charge on any atom is 0.325 e. The van der Waals surface area contributed by atoms with Crippen LogP contribution in [0.25, 0.3) is 10.9 Å². The standard InChI is InChI=1S/C12H12N2O2/c15-12(16)11-10-7-3-1-2-4-8(7)14-9(10)5-6-13-11/h1-4,11,13-14H,5-6H2,(H,15,16)/t11-/m0/s1. The number of nitrogens with one attached hydrogen (secondary N) is 2. The van der Waals surface area contributed by atoms with E-state index in [9.17, 15) is 9.90 Å². The highest BCUT2D eigenvalue weighted by atomic mass is 16.4. The van der Waals surface area contributed by atoms with E-state index in [1.54, 1.807) is 0 Å². The normalized spacial score (nSPS) is 19.6. The molecule has 0 saturated heterocycles. The van der Waals surface area contributed by atoms with Crippen LogP contribution in [0.2, 0.25) is 0 Å². The van der Waals surface area contributed by atoms with Crippen LogP contribution in [-0.2, 0) is 11.2 Å². The summed E-state index contributed by atoms with van der Waals surface area (Å²) in [4.78, 5) is 14.5. The van der Waals surface area contributed by atoms with Crippen molar-refractivity contribution >= 4 is 16.9 Å². The van der Waals surface area contributed by atoms with Crippen molar-refractivity contribution < 1.29 is 9.90 Å². The van der Waals surface area contributed by atoms with Crippen molar-refractivity contribution in [2.45, 2.75) is 12.5 Å². The second-order valence-electron chi connectivity index (χ2n) is 4.04. The van der Waals surface area contributed by atoms with Gasteiger partial charge in [-0.1, -0.05) is 18.2 Å². The Morgan fingerprint density at radius 2 is 2.19 bits per heavy atom. The Balaban J connectivity index is 2.28. The van der Waals surface area contributed by atoms with E-state index in [-0.39, 0.29) is 0 Å². The number of fused-ring (bicyclic) bond motifs is 3. The van der Waals surface area contributed by atoms with Gasteiger partial charge in [0.05, 0.1) is 0 Å². The molecule has 1 aromatic carbocycles.